The SMILES string of the molecule is COCCNCc1ccnn1CCOCCOCCOC. The molecule has 1 N–H and O–H groups in total. The van der Waals surface area contributed by atoms with E-state index in [0.717, 1.165) is 25.3 Å². The summed E-state index contributed by atoms with van der Waals surface area (Å²) in [7, 11) is 3.36. The van der Waals surface area contributed by atoms with E-state index in [1.54, 1.807) is 20.4 Å². The highest BCUT2D eigenvalue weighted by atomic mass is 16.5. The quantitative estimate of drug-likeness (QED) is 0.499. The van der Waals surface area contributed by atoms with Crippen molar-refractivity contribution in [2.24, 2.45) is 0 Å². The summed E-state index contributed by atoms with van der Waals surface area (Å²) in [6.45, 7) is 6.09. The Labute approximate surface area is 126 Å². The lowest BCUT2D eigenvalue weighted by atomic mass is 10.4. The van der Waals surface area contributed by atoms with Gasteiger partial charge in [0.05, 0.1) is 51.9 Å². The molecule has 7 nitrogen and oxygen atoms in total. The van der Waals surface area contributed by atoms with Crippen LogP contribution >= 0.6 is 0 Å². The molecule has 7 heteroatoms. The van der Waals surface area contributed by atoms with Crippen LogP contribution in [0.25, 0.3) is 0 Å². The maximum Gasteiger partial charge on any atom is 0.0701 e. The van der Waals surface area contributed by atoms with E-state index in [0.29, 0.717) is 39.6 Å². The van der Waals surface area contributed by atoms with Crippen molar-refractivity contribution >= 4 is 0 Å². The van der Waals surface area contributed by atoms with Crippen molar-refractivity contribution in [2.45, 2.75) is 13.1 Å². The number of aromatic nitrogens is 2. The molecule has 0 bridgehead atoms. The molecule has 0 spiro atoms. The van der Waals surface area contributed by atoms with E-state index in [1.807, 2.05) is 10.7 Å². The second-order valence-electron chi connectivity index (χ2n) is 4.43. The predicted octanol–water partition coefficient (Wildman–Crippen LogP) is 0.299. The van der Waals surface area contributed by atoms with Crippen molar-refractivity contribution in [2.75, 3.05) is 60.4 Å². The van der Waals surface area contributed by atoms with Crippen LogP contribution in [0.1, 0.15) is 5.69 Å². The van der Waals surface area contributed by atoms with Crippen molar-refractivity contribution in [3.8, 4) is 0 Å². The van der Waals surface area contributed by atoms with E-state index in [4.69, 9.17) is 18.9 Å². The summed E-state index contributed by atoms with van der Waals surface area (Å²) in [6, 6.07) is 2.01. The number of methoxy groups -OCH3 is 2. The van der Waals surface area contributed by atoms with E-state index in [-0.39, 0.29) is 0 Å². The molecule has 1 aromatic rings. The number of nitrogens with zero attached hydrogens (tertiary/aromatic N) is 2. The maximum atomic E-state index is 5.52. The number of hydrogen-bond donors (Lipinski definition) is 1. The van der Waals surface area contributed by atoms with E-state index in [9.17, 15) is 0 Å². The first-order chi connectivity index (χ1) is 10.4. The molecule has 0 saturated carbocycles. The molecule has 0 saturated heterocycles. The lowest BCUT2D eigenvalue weighted by molar-refractivity contribution is 0.0224. The number of rotatable bonds is 14. The highest BCUT2D eigenvalue weighted by Crippen LogP contribution is 1.98. The van der Waals surface area contributed by atoms with Crippen LogP contribution in [0.2, 0.25) is 0 Å². The van der Waals surface area contributed by atoms with Gasteiger partial charge in [-0.3, -0.25) is 4.68 Å². The predicted molar refractivity (Wildman–Crippen MR) is 79.3 cm³/mol. The summed E-state index contributed by atoms with van der Waals surface area (Å²) in [5.41, 5.74) is 1.14. The minimum Gasteiger partial charge on any atom is -0.383 e. The second-order valence-corrected chi connectivity index (χ2v) is 4.43. The fourth-order valence-corrected chi connectivity index (χ4v) is 1.72. The van der Waals surface area contributed by atoms with Crippen LogP contribution < -0.4 is 5.32 Å². The molecule has 1 aromatic heterocycles. The third-order valence-electron chi connectivity index (χ3n) is 2.84. The van der Waals surface area contributed by atoms with Gasteiger partial charge in [-0.2, -0.15) is 5.10 Å². The summed E-state index contributed by atoms with van der Waals surface area (Å²) in [5, 5.41) is 7.59. The van der Waals surface area contributed by atoms with Crippen molar-refractivity contribution in [1.82, 2.24) is 15.1 Å². The maximum absolute atomic E-state index is 5.52. The smallest absolute Gasteiger partial charge is 0.0701 e. The Kier molecular flexibility index (Phi) is 10.9. The molecular formula is C14H27N3O4. The topological polar surface area (TPSA) is 66.8 Å². The van der Waals surface area contributed by atoms with Crippen molar-refractivity contribution in [3.63, 3.8) is 0 Å². The van der Waals surface area contributed by atoms with Gasteiger partial charge >= 0.3 is 0 Å². The molecule has 1 heterocycles. The van der Waals surface area contributed by atoms with Gasteiger partial charge in [-0.1, -0.05) is 0 Å². The van der Waals surface area contributed by atoms with Gasteiger partial charge in [0.25, 0.3) is 0 Å². The van der Waals surface area contributed by atoms with Crippen LogP contribution in [0.3, 0.4) is 0 Å². The Morgan fingerprint density at radius 1 is 1.00 bits per heavy atom. The molecule has 0 aliphatic heterocycles. The van der Waals surface area contributed by atoms with Gasteiger partial charge in [0.1, 0.15) is 0 Å². The fourth-order valence-electron chi connectivity index (χ4n) is 1.72. The Balaban J connectivity index is 2.05. The average molecular weight is 301 g/mol. The van der Waals surface area contributed by atoms with Crippen LogP contribution in [-0.4, -0.2) is 70.2 Å². The molecule has 0 fully saturated rings. The molecule has 0 radical (unpaired) electrons. The van der Waals surface area contributed by atoms with Crippen LogP contribution in [-0.2, 0) is 32.0 Å². The van der Waals surface area contributed by atoms with Gasteiger partial charge in [0, 0.05) is 33.5 Å². The van der Waals surface area contributed by atoms with Gasteiger partial charge < -0.3 is 24.3 Å². The Bertz CT molecular complexity index is 347. The van der Waals surface area contributed by atoms with Crippen molar-refractivity contribution in [1.29, 1.82) is 0 Å². The van der Waals surface area contributed by atoms with Crippen LogP contribution in [0, 0.1) is 0 Å². The van der Waals surface area contributed by atoms with E-state index < -0.39 is 0 Å². The first kappa shape index (κ1) is 18.1. The third kappa shape index (κ3) is 8.79. The second kappa shape index (κ2) is 12.7. The van der Waals surface area contributed by atoms with Gasteiger partial charge in [-0.25, -0.2) is 0 Å². The van der Waals surface area contributed by atoms with E-state index in [2.05, 4.69) is 10.4 Å². The first-order valence-electron chi connectivity index (χ1n) is 7.23. The summed E-state index contributed by atoms with van der Waals surface area (Å²) < 4.78 is 22.7. The van der Waals surface area contributed by atoms with Crippen LogP contribution in [0.5, 0.6) is 0 Å². The Hall–Kier alpha value is -0.990. The van der Waals surface area contributed by atoms with Crippen LogP contribution in [0.15, 0.2) is 12.3 Å². The lowest BCUT2D eigenvalue weighted by Crippen LogP contribution is -2.21. The van der Waals surface area contributed by atoms with Gasteiger partial charge in [0.15, 0.2) is 0 Å². The monoisotopic (exact) mass is 301 g/mol. The average Bonchev–Trinajstić information content (AvgIpc) is 2.94. The highest BCUT2D eigenvalue weighted by molar-refractivity contribution is 4.99. The van der Waals surface area contributed by atoms with Crippen molar-refractivity contribution in [3.05, 3.63) is 18.0 Å². The van der Waals surface area contributed by atoms with E-state index in [1.165, 1.54) is 0 Å². The molecule has 0 unspecified atom stereocenters. The molecule has 0 atom stereocenters. The minimum atomic E-state index is 0.590. The zero-order valence-electron chi connectivity index (χ0n) is 13.0. The minimum absolute atomic E-state index is 0.590. The number of nitrogens with one attached hydrogen (secondary N) is 1. The van der Waals surface area contributed by atoms with E-state index >= 15 is 0 Å². The normalized spacial score (nSPS) is 11.1. The molecule has 0 aliphatic carbocycles. The van der Waals surface area contributed by atoms with Crippen LogP contribution in [0.4, 0.5) is 0 Å². The Morgan fingerprint density at radius 2 is 1.71 bits per heavy atom. The largest absolute Gasteiger partial charge is 0.383 e. The molecule has 0 aliphatic rings. The Morgan fingerprint density at radius 3 is 2.48 bits per heavy atom. The molecule has 21 heavy (non-hydrogen) atoms. The standard InChI is InChI=1S/C14H27N3O4/c1-18-7-5-15-13-14-3-4-16-17(14)6-8-20-11-12-21-10-9-19-2/h3-4,15H,5-13H2,1-2H3. The van der Waals surface area contributed by atoms with Crippen molar-refractivity contribution < 1.29 is 18.9 Å². The molecule has 0 amide bonds. The fraction of sp³-hybridized carbons (Fsp3) is 0.786. The van der Waals surface area contributed by atoms with Gasteiger partial charge in [-0.15, -0.1) is 0 Å². The zero-order chi connectivity index (χ0) is 15.2. The number of hydrogen-bond acceptors (Lipinski definition) is 6. The lowest BCUT2D eigenvalue weighted by Gasteiger charge is -2.09. The van der Waals surface area contributed by atoms with Gasteiger partial charge in [0.2, 0.25) is 0 Å². The molecule has 122 valence electrons. The third-order valence-corrected chi connectivity index (χ3v) is 2.84. The highest BCUT2D eigenvalue weighted by Gasteiger charge is 2.01. The zero-order valence-corrected chi connectivity index (χ0v) is 13.0. The summed E-state index contributed by atoms with van der Waals surface area (Å²) in [6.07, 6.45) is 1.81. The summed E-state index contributed by atoms with van der Waals surface area (Å²) in [5.74, 6) is 0. The van der Waals surface area contributed by atoms with Gasteiger partial charge in [-0.05, 0) is 6.07 Å². The summed E-state index contributed by atoms with van der Waals surface area (Å²) >= 11 is 0. The molecular weight excluding hydrogens is 274 g/mol. The first-order valence-corrected chi connectivity index (χ1v) is 7.23. The summed E-state index contributed by atoms with van der Waals surface area (Å²) in [4.78, 5) is 0. The number of ether oxygens (including phenoxy) is 4. The molecule has 1 rings (SSSR count). The molecule has 0 aromatic carbocycles.